The SMILES string of the molecule is C=C(NC(=O)/N=C(\C)c1ccc(F)cc1)c1cc(CNC)ccc1C. The average molecular weight is 339 g/mol. The van der Waals surface area contributed by atoms with Crippen LogP contribution in [0.5, 0.6) is 0 Å². The summed E-state index contributed by atoms with van der Waals surface area (Å²) in [5.41, 5.74) is 4.68. The van der Waals surface area contributed by atoms with Crippen LogP contribution in [0.2, 0.25) is 0 Å². The smallest absolute Gasteiger partial charge is 0.316 e. The Kier molecular flexibility index (Phi) is 6.19. The highest BCUT2D eigenvalue weighted by Crippen LogP contribution is 2.17. The van der Waals surface area contributed by atoms with Crippen LogP contribution in [0.4, 0.5) is 9.18 Å². The van der Waals surface area contributed by atoms with Crippen molar-refractivity contribution in [1.82, 2.24) is 10.6 Å². The molecule has 2 aromatic rings. The Labute approximate surface area is 147 Å². The first-order valence-corrected chi connectivity index (χ1v) is 7.96. The summed E-state index contributed by atoms with van der Waals surface area (Å²) in [6.07, 6.45) is 0. The van der Waals surface area contributed by atoms with E-state index < -0.39 is 6.03 Å². The molecule has 2 N–H and O–H groups in total. The molecule has 0 radical (unpaired) electrons. The first-order chi connectivity index (χ1) is 11.9. The number of carbonyl (C=O) groups excluding carboxylic acids is 1. The third kappa shape index (κ3) is 5.09. The van der Waals surface area contributed by atoms with E-state index in [1.165, 1.54) is 12.1 Å². The van der Waals surface area contributed by atoms with Gasteiger partial charge in [-0.15, -0.1) is 0 Å². The van der Waals surface area contributed by atoms with Crippen LogP contribution < -0.4 is 10.6 Å². The Bertz CT molecular complexity index is 810. The summed E-state index contributed by atoms with van der Waals surface area (Å²) < 4.78 is 13.0. The largest absolute Gasteiger partial charge is 0.345 e. The number of benzene rings is 2. The predicted octanol–water partition coefficient (Wildman–Crippen LogP) is 4.04. The van der Waals surface area contributed by atoms with E-state index in [-0.39, 0.29) is 5.82 Å². The molecule has 0 spiro atoms. The number of nitrogens with zero attached hydrogens (tertiary/aromatic N) is 1. The van der Waals surface area contributed by atoms with Crippen molar-refractivity contribution >= 4 is 17.4 Å². The Morgan fingerprint density at radius 3 is 2.52 bits per heavy atom. The number of hydrogen-bond donors (Lipinski definition) is 2. The molecule has 2 aromatic carbocycles. The standard InChI is InChI=1S/C20H22FN3O/c1-13-5-6-16(12-22-4)11-19(13)15(3)24-20(25)23-14(2)17-7-9-18(21)10-8-17/h5-11,22H,3,12H2,1-2,4H3,(H,24,25)/b23-14+. The Morgan fingerprint density at radius 1 is 1.20 bits per heavy atom. The monoisotopic (exact) mass is 339 g/mol. The first-order valence-electron chi connectivity index (χ1n) is 7.96. The molecule has 0 fully saturated rings. The summed E-state index contributed by atoms with van der Waals surface area (Å²) in [4.78, 5) is 16.2. The van der Waals surface area contributed by atoms with E-state index in [1.54, 1.807) is 19.1 Å². The molecular formula is C20H22FN3O. The maximum Gasteiger partial charge on any atom is 0.345 e. The fraction of sp³-hybridized carbons (Fsp3) is 0.200. The molecule has 5 heteroatoms. The van der Waals surface area contributed by atoms with Crippen LogP contribution in [0.15, 0.2) is 54.0 Å². The quantitative estimate of drug-likeness (QED) is 0.808. The molecule has 25 heavy (non-hydrogen) atoms. The Balaban J connectivity index is 2.12. The number of amides is 2. The molecule has 0 aliphatic carbocycles. The van der Waals surface area contributed by atoms with Gasteiger partial charge < -0.3 is 10.6 Å². The molecule has 0 aliphatic heterocycles. The fourth-order valence-electron chi connectivity index (χ4n) is 2.44. The summed E-state index contributed by atoms with van der Waals surface area (Å²) in [7, 11) is 1.88. The number of aliphatic imine (C=N–C) groups is 1. The van der Waals surface area contributed by atoms with Crippen LogP contribution in [0.1, 0.15) is 29.2 Å². The number of aryl methyl sites for hydroxylation is 1. The molecule has 4 nitrogen and oxygen atoms in total. The topological polar surface area (TPSA) is 53.5 Å². The van der Waals surface area contributed by atoms with E-state index in [9.17, 15) is 9.18 Å². The molecule has 0 saturated heterocycles. The third-order valence-corrected chi connectivity index (χ3v) is 3.80. The first kappa shape index (κ1) is 18.5. The third-order valence-electron chi connectivity index (χ3n) is 3.80. The van der Waals surface area contributed by atoms with E-state index >= 15 is 0 Å². The Hall–Kier alpha value is -2.79. The van der Waals surface area contributed by atoms with Gasteiger partial charge in [0.1, 0.15) is 5.82 Å². The lowest BCUT2D eigenvalue weighted by Crippen LogP contribution is -2.19. The fourth-order valence-corrected chi connectivity index (χ4v) is 2.44. The lowest BCUT2D eigenvalue weighted by atomic mass is 10.0. The van der Waals surface area contributed by atoms with Crippen molar-refractivity contribution in [2.24, 2.45) is 4.99 Å². The van der Waals surface area contributed by atoms with E-state index in [4.69, 9.17) is 0 Å². The van der Waals surface area contributed by atoms with Gasteiger partial charge in [0.25, 0.3) is 0 Å². The molecule has 0 saturated carbocycles. The van der Waals surface area contributed by atoms with Crippen molar-refractivity contribution in [3.8, 4) is 0 Å². The van der Waals surface area contributed by atoms with Gasteiger partial charge in [0.05, 0.1) is 5.71 Å². The van der Waals surface area contributed by atoms with Crippen molar-refractivity contribution in [3.63, 3.8) is 0 Å². The molecule has 0 aliphatic rings. The predicted molar refractivity (Wildman–Crippen MR) is 100 cm³/mol. The molecule has 0 unspecified atom stereocenters. The second kappa shape index (κ2) is 8.35. The highest BCUT2D eigenvalue weighted by Gasteiger charge is 2.09. The maximum absolute atomic E-state index is 13.0. The van der Waals surface area contributed by atoms with E-state index in [0.717, 1.165) is 23.2 Å². The lowest BCUT2D eigenvalue weighted by Gasteiger charge is -2.12. The second-order valence-corrected chi connectivity index (χ2v) is 5.79. The van der Waals surface area contributed by atoms with Crippen LogP contribution in [0, 0.1) is 12.7 Å². The van der Waals surface area contributed by atoms with Gasteiger partial charge in [-0.1, -0.05) is 30.8 Å². The lowest BCUT2D eigenvalue weighted by molar-refractivity contribution is 0.253. The van der Waals surface area contributed by atoms with Crippen molar-refractivity contribution in [2.75, 3.05) is 7.05 Å². The van der Waals surface area contributed by atoms with Crippen molar-refractivity contribution < 1.29 is 9.18 Å². The minimum absolute atomic E-state index is 0.327. The maximum atomic E-state index is 13.0. The van der Waals surface area contributed by atoms with Crippen LogP contribution in [0.3, 0.4) is 0 Å². The average Bonchev–Trinajstić information content (AvgIpc) is 2.57. The summed E-state index contributed by atoms with van der Waals surface area (Å²) in [6, 6.07) is 11.3. The number of carbonyl (C=O) groups is 1. The van der Waals surface area contributed by atoms with Gasteiger partial charge in [-0.25, -0.2) is 9.18 Å². The normalized spacial score (nSPS) is 11.3. The zero-order chi connectivity index (χ0) is 18.4. The summed E-state index contributed by atoms with van der Waals surface area (Å²) >= 11 is 0. The van der Waals surface area contributed by atoms with Gasteiger partial charge >= 0.3 is 6.03 Å². The molecule has 0 aromatic heterocycles. The zero-order valence-electron chi connectivity index (χ0n) is 14.7. The summed E-state index contributed by atoms with van der Waals surface area (Å²) in [6.45, 7) is 8.34. The van der Waals surface area contributed by atoms with Gasteiger partial charge in [0.15, 0.2) is 0 Å². The van der Waals surface area contributed by atoms with Crippen molar-refractivity contribution in [1.29, 1.82) is 0 Å². The van der Waals surface area contributed by atoms with Crippen molar-refractivity contribution in [3.05, 3.63) is 77.1 Å². The van der Waals surface area contributed by atoms with E-state index in [1.807, 2.05) is 32.2 Å². The van der Waals surface area contributed by atoms with Crippen molar-refractivity contribution in [2.45, 2.75) is 20.4 Å². The molecule has 130 valence electrons. The highest BCUT2D eigenvalue weighted by molar-refractivity contribution is 6.05. The van der Waals surface area contributed by atoms with Crippen LogP contribution in [-0.2, 0) is 6.54 Å². The van der Waals surface area contributed by atoms with Gasteiger partial charge in [-0.05, 0) is 55.8 Å². The molecular weight excluding hydrogens is 317 g/mol. The number of hydrogen-bond acceptors (Lipinski definition) is 2. The summed E-state index contributed by atoms with van der Waals surface area (Å²) in [5.74, 6) is -0.327. The second-order valence-electron chi connectivity index (χ2n) is 5.79. The number of halogens is 1. The number of nitrogens with one attached hydrogen (secondary N) is 2. The van der Waals surface area contributed by atoms with Crippen LogP contribution >= 0.6 is 0 Å². The van der Waals surface area contributed by atoms with E-state index in [0.29, 0.717) is 17.0 Å². The molecule has 0 heterocycles. The number of urea groups is 1. The van der Waals surface area contributed by atoms with Crippen LogP contribution in [0.25, 0.3) is 5.70 Å². The highest BCUT2D eigenvalue weighted by atomic mass is 19.1. The zero-order valence-corrected chi connectivity index (χ0v) is 14.7. The van der Waals surface area contributed by atoms with Gasteiger partial charge in [0.2, 0.25) is 0 Å². The molecule has 2 amide bonds. The van der Waals surface area contributed by atoms with Gasteiger partial charge in [-0.3, -0.25) is 0 Å². The minimum Gasteiger partial charge on any atom is -0.316 e. The minimum atomic E-state index is -0.509. The number of rotatable bonds is 5. The summed E-state index contributed by atoms with van der Waals surface area (Å²) in [5, 5.41) is 5.80. The Morgan fingerprint density at radius 2 is 1.88 bits per heavy atom. The van der Waals surface area contributed by atoms with Gasteiger partial charge in [0, 0.05) is 17.8 Å². The molecule has 0 bridgehead atoms. The van der Waals surface area contributed by atoms with Gasteiger partial charge in [-0.2, -0.15) is 4.99 Å². The van der Waals surface area contributed by atoms with Crippen LogP contribution in [-0.4, -0.2) is 18.8 Å². The molecule has 0 atom stereocenters. The molecule has 2 rings (SSSR count). The van der Waals surface area contributed by atoms with E-state index in [2.05, 4.69) is 22.2 Å².